The van der Waals surface area contributed by atoms with Crippen LogP contribution < -0.4 is 0 Å². The number of rotatable bonds is 46. The second kappa shape index (κ2) is 45.3. The standard InChI is InChI=1S/C50H104N2/c1-6-11-16-21-26-31-36-41-46-51(47-42-37-32-27-22-17-12-7-2)50(45-40-35-30-25-20-15-10-5)52(48-43-38-33-28-23-18-13-8-3)49-44-39-34-29-24-19-14-9-4/h50H,6-49H2,1-5H3. The van der Waals surface area contributed by atoms with Crippen LogP contribution in [0.2, 0.25) is 0 Å². The monoisotopic (exact) mass is 733 g/mol. The van der Waals surface area contributed by atoms with Gasteiger partial charge < -0.3 is 0 Å². The molecule has 0 amide bonds. The zero-order chi connectivity index (χ0) is 37.8. The van der Waals surface area contributed by atoms with Crippen molar-refractivity contribution in [3.05, 3.63) is 0 Å². The van der Waals surface area contributed by atoms with Crippen molar-refractivity contribution in [3.8, 4) is 0 Å². The molecule has 0 saturated carbocycles. The summed E-state index contributed by atoms with van der Waals surface area (Å²) in [5.41, 5.74) is 0. The molecule has 0 heterocycles. The van der Waals surface area contributed by atoms with Crippen molar-refractivity contribution in [2.24, 2.45) is 0 Å². The van der Waals surface area contributed by atoms with Gasteiger partial charge in [0.15, 0.2) is 0 Å². The average molecular weight is 733 g/mol. The molecule has 0 rings (SSSR count). The molecular formula is C50H104N2. The number of hydrogen-bond acceptors (Lipinski definition) is 2. The van der Waals surface area contributed by atoms with Crippen molar-refractivity contribution in [3.63, 3.8) is 0 Å². The lowest BCUT2D eigenvalue weighted by Crippen LogP contribution is -2.50. The van der Waals surface area contributed by atoms with Crippen molar-refractivity contribution < 1.29 is 0 Å². The summed E-state index contributed by atoms with van der Waals surface area (Å²) < 4.78 is 0. The maximum Gasteiger partial charge on any atom is 0.0622 e. The molecule has 314 valence electrons. The number of nitrogens with zero attached hydrogens (tertiary/aromatic N) is 2. The minimum atomic E-state index is 0.679. The second-order valence-electron chi connectivity index (χ2n) is 17.4. The Balaban J connectivity index is 5.60. The van der Waals surface area contributed by atoms with Crippen LogP contribution in [0.25, 0.3) is 0 Å². The van der Waals surface area contributed by atoms with Gasteiger partial charge >= 0.3 is 0 Å². The third-order valence-corrected chi connectivity index (χ3v) is 12.1. The van der Waals surface area contributed by atoms with Crippen LogP contribution in [-0.4, -0.2) is 42.1 Å². The molecule has 0 aromatic carbocycles. The van der Waals surface area contributed by atoms with Gasteiger partial charge in [-0.1, -0.05) is 259 Å². The minimum absolute atomic E-state index is 0.679. The smallest absolute Gasteiger partial charge is 0.0622 e. The summed E-state index contributed by atoms with van der Waals surface area (Å²) in [7, 11) is 0. The first-order chi connectivity index (χ1) is 25.7. The normalized spacial score (nSPS) is 12.0. The highest BCUT2D eigenvalue weighted by molar-refractivity contribution is 4.76. The predicted octanol–water partition coefficient (Wildman–Crippen LogP) is 17.6. The van der Waals surface area contributed by atoms with Gasteiger partial charge in [-0.3, -0.25) is 9.80 Å². The molecule has 0 bridgehead atoms. The van der Waals surface area contributed by atoms with Gasteiger partial charge in [-0.05, 0) is 58.3 Å². The van der Waals surface area contributed by atoms with E-state index in [1.54, 1.807) is 0 Å². The molecule has 2 heteroatoms. The molecule has 0 N–H and O–H groups in total. The van der Waals surface area contributed by atoms with Crippen molar-refractivity contribution in [1.82, 2.24) is 9.80 Å². The van der Waals surface area contributed by atoms with E-state index >= 15 is 0 Å². The fourth-order valence-corrected chi connectivity index (χ4v) is 8.49. The van der Waals surface area contributed by atoms with Crippen LogP contribution in [0.5, 0.6) is 0 Å². The molecule has 0 atom stereocenters. The second-order valence-corrected chi connectivity index (χ2v) is 17.4. The molecule has 0 unspecified atom stereocenters. The van der Waals surface area contributed by atoms with Crippen LogP contribution in [0, 0.1) is 0 Å². The molecule has 0 radical (unpaired) electrons. The molecule has 0 saturated heterocycles. The van der Waals surface area contributed by atoms with E-state index in [1.165, 1.54) is 283 Å². The lowest BCUT2D eigenvalue weighted by atomic mass is 10.0. The zero-order valence-corrected chi connectivity index (χ0v) is 37.6. The summed E-state index contributed by atoms with van der Waals surface area (Å²) in [4.78, 5) is 6.14. The van der Waals surface area contributed by atoms with Gasteiger partial charge in [0.2, 0.25) is 0 Å². The molecule has 0 aromatic rings. The van der Waals surface area contributed by atoms with E-state index in [2.05, 4.69) is 44.4 Å². The van der Waals surface area contributed by atoms with Gasteiger partial charge in [-0.25, -0.2) is 0 Å². The van der Waals surface area contributed by atoms with Crippen molar-refractivity contribution >= 4 is 0 Å². The van der Waals surface area contributed by atoms with E-state index in [-0.39, 0.29) is 0 Å². The average Bonchev–Trinajstić information content (AvgIpc) is 3.15. The maximum absolute atomic E-state index is 3.07. The summed E-state index contributed by atoms with van der Waals surface area (Å²) in [6, 6.07) is 0. The molecule has 0 aliphatic heterocycles. The highest BCUT2D eigenvalue weighted by atomic mass is 15.3. The van der Waals surface area contributed by atoms with E-state index < -0.39 is 0 Å². The van der Waals surface area contributed by atoms with Crippen LogP contribution in [0.15, 0.2) is 0 Å². The fourth-order valence-electron chi connectivity index (χ4n) is 8.49. The lowest BCUT2D eigenvalue weighted by Gasteiger charge is -2.41. The van der Waals surface area contributed by atoms with Crippen molar-refractivity contribution in [2.75, 3.05) is 26.2 Å². The summed E-state index contributed by atoms with van der Waals surface area (Å²) >= 11 is 0. The van der Waals surface area contributed by atoms with Crippen LogP contribution in [0.1, 0.15) is 291 Å². The molecular weight excluding hydrogens is 629 g/mol. The van der Waals surface area contributed by atoms with E-state index in [0.29, 0.717) is 6.17 Å². The first-order valence-electron chi connectivity index (χ1n) is 25.2. The van der Waals surface area contributed by atoms with Gasteiger partial charge in [-0.2, -0.15) is 0 Å². The van der Waals surface area contributed by atoms with Crippen LogP contribution in [0.3, 0.4) is 0 Å². The topological polar surface area (TPSA) is 6.48 Å². The Bertz CT molecular complexity index is 535. The minimum Gasteiger partial charge on any atom is -0.288 e. The van der Waals surface area contributed by atoms with Gasteiger partial charge in [-0.15, -0.1) is 0 Å². The van der Waals surface area contributed by atoms with Gasteiger partial charge in [0.05, 0.1) is 6.17 Å². The quantitative estimate of drug-likeness (QED) is 0.0454. The molecule has 0 aliphatic carbocycles. The molecule has 2 nitrogen and oxygen atoms in total. The maximum atomic E-state index is 3.07. The lowest BCUT2D eigenvalue weighted by molar-refractivity contribution is 0.0280. The third kappa shape index (κ3) is 36.9. The Morgan fingerprint density at radius 3 is 0.596 bits per heavy atom. The summed E-state index contributed by atoms with van der Waals surface area (Å²) in [6.07, 6.45) is 58.1. The van der Waals surface area contributed by atoms with Crippen LogP contribution >= 0.6 is 0 Å². The summed E-state index contributed by atoms with van der Waals surface area (Å²) in [5.74, 6) is 0. The van der Waals surface area contributed by atoms with E-state index in [0.717, 1.165) is 0 Å². The SMILES string of the molecule is CCCCCCCCCCN(CCCCCCCCCC)C(CCCCCCCCC)N(CCCCCCCCCC)CCCCCCCCCC. The van der Waals surface area contributed by atoms with Crippen molar-refractivity contribution in [2.45, 2.75) is 298 Å². The van der Waals surface area contributed by atoms with Gasteiger partial charge in [0.25, 0.3) is 0 Å². The highest BCUT2D eigenvalue weighted by Gasteiger charge is 2.24. The largest absolute Gasteiger partial charge is 0.288 e. The Morgan fingerprint density at radius 2 is 0.385 bits per heavy atom. The first-order valence-corrected chi connectivity index (χ1v) is 25.2. The van der Waals surface area contributed by atoms with E-state index in [9.17, 15) is 0 Å². The zero-order valence-electron chi connectivity index (χ0n) is 37.6. The van der Waals surface area contributed by atoms with Gasteiger partial charge in [0, 0.05) is 0 Å². The molecule has 52 heavy (non-hydrogen) atoms. The summed E-state index contributed by atoms with van der Waals surface area (Å²) in [6.45, 7) is 17.1. The molecule has 0 aromatic heterocycles. The number of unbranched alkanes of at least 4 members (excludes halogenated alkanes) is 34. The highest BCUT2D eigenvalue weighted by Crippen LogP contribution is 2.22. The Hall–Kier alpha value is -0.0800. The summed E-state index contributed by atoms with van der Waals surface area (Å²) in [5, 5.41) is 0. The van der Waals surface area contributed by atoms with E-state index in [1.807, 2.05) is 0 Å². The van der Waals surface area contributed by atoms with E-state index in [4.69, 9.17) is 0 Å². The Kier molecular flexibility index (Phi) is 45.2. The first kappa shape index (κ1) is 51.9. The third-order valence-electron chi connectivity index (χ3n) is 12.1. The number of hydrogen-bond donors (Lipinski definition) is 0. The van der Waals surface area contributed by atoms with Gasteiger partial charge in [0.1, 0.15) is 0 Å². The Labute approximate surface area is 332 Å². The molecule has 0 fully saturated rings. The van der Waals surface area contributed by atoms with Crippen LogP contribution in [-0.2, 0) is 0 Å². The van der Waals surface area contributed by atoms with Crippen LogP contribution in [0.4, 0.5) is 0 Å². The Morgan fingerprint density at radius 1 is 0.212 bits per heavy atom. The fraction of sp³-hybridized carbons (Fsp3) is 1.00. The molecule has 0 aliphatic rings. The molecule has 0 spiro atoms. The van der Waals surface area contributed by atoms with Crippen molar-refractivity contribution in [1.29, 1.82) is 0 Å². The predicted molar refractivity (Wildman–Crippen MR) is 240 cm³/mol.